The first-order valence-electron chi connectivity index (χ1n) is 10.7. The Balaban J connectivity index is 1.55. The number of carbonyl (C=O) groups is 1. The first-order chi connectivity index (χ1) is 15.9. The van der Waals surface area contributed by atoms with Crippen molar-refractivity contribution in [3.8, 4) is 5.75 Å². The van der Waals surface area contributed by atoms with Gasteiger partial charge in [-0.25, -0.2) is 4.39 Å². The number of fused-ring (bicyclic) bond motifs is 2. The van der Waals surface area contributed by atoms with Gasteiger partial charge in [0.2, 0.25) is 0 Å². The number of rotatable bonds is 5. The van der Waals surface area contributed by atoms with Crippen molar-refractivity contribution >= 4 is 11.6 Å². The number of para-hydroxylation sites is 2. The molecular formula is C25H22FN3O4. The van der Waals surface area contributed by atoms with Crippen molar-refractivity contribution in [1.29, 1.82) is 0 Å². The molecule has 2 heterocycles. The summed E-state index contributed by atoms with van der Waals surface area (Å²) in [4.78, 5) is 27.2. The smallest absolute Gasteiger partial charge is 0.256 e. The molecule has 3 aromatic carbocycles. The summed E-state index contributed by atoms with van der Waals surface area (Å²) < 4.78 is 20.0. The quantitative estimate of drug-likeness (QED) is 0.473. The van der Waals surface area contributed by atoms with E-state index < -0.39 is 23.4 Å². The predicted octanol–water partition coefficient (Wildman–Crippen LogP) is 3.93. The van der Waals surface area contributed by atoms with Crippen molar-refractivity contribution in [2.75, 3.05) is 18.9 Å². The average Bonchev–Trinajstić information content (AvgIpc) is 3.28. The summed E-state index contributed by atoms with van der Waals surface area (Å²) in [7, 11) is 1.74. The van der Waals surface area contributed by atoms with Crippen molar-refractivity contribution in [2.24, 2.45) is 0 Å². The zero-order chi connectivity index (χ0) is 23.2. The lowest BCUT2D eigenvalue weighted by Crippen LogP contribution is -2.54. The number of nitro groups is 1. The number of nitrogens with zero attached hydrogens (tertiary/aromatic N) is 2. The minimum Gasteiger partial charge on any atom is -0.488 e. The standard InChI is InChI=1S/C25H22FN3O4/c1-28-14-18(17-9-3-7-13-22(17)33-15-16-8-2-5-11-20(16)26)23(29(31)32)25(28)19-10-4-6-12-21(19)27-24(25)30/h2-13,18,23H,14-15H2,1H3,(H,27,30)/t18-,23+,25+/m1/s1. The van der Waals surface area contributed by atoms with Crippen LogP contribution in [0.1, 0.15) is 22.6 Å². The van der Waals surface area contributed by atoms with Crippen LogP contribution in [0.4, 0.5) is 10.1 Å². The number of likely N-dealkylation sites (tertiary alicyclic amines) is 1. The maximum atomic E-state index is 14.1. The molecule has 1 N–H and O–H groups in total. The minimum absolute atomic E-state index is 0.0101. The third-order valence-corrected chi connectivity index (χ3v) is 6.70. The highest BCUT2D eigenvalue weighted by molar-refractivity contribution is 6.06. The highest BCUT2D eigenvalue weighted by Gasteiger charge is 2.68. The number of carbonyl (C=O) groups excluding carboxylic acids is 1. The molecule has 1 amide bonds. The van der Waals surface area contributed by atoms with Crippen LogP contribution in [0.3, 0.4) is 0 Å². The molecule has 0 aliphatic carbocycles. The third kappa shape index (κ3) is 3.17. The van der Waals surface area contributed by atoms with E-state index in [0.717, 1.165) is 0 Å². The topological polar surface area (TPSA) is 84.7 Å². The van der Waals surface area contributed by atoms with Gasteiger partial charge in [0.15, 0.2) is 5.54 Å². The molecule has 168 valence electrons. The van der Waals surface area contributed by atoms with Crippen molar-refractivity contribution in [1.82, 2.24) is 4.90 Å². The molecule has 2 aliphatic heterocycles. The van der Waals surface area contributed by atoms with E-state index >= 15 is 0 Å². The molecule has 7 nitrogen and oxygen atoms in total. The molecule has 3 aromatic rings. The second kappa shape index (κ2) is 7.97. The lowest BCUT2D eigenvalue weighted by atomic mass is 9.79. The van der Waals surface area contributed by atoms with Crippen LogP contribution >= 0.6 is 0 Å². The van der Waals surface area contributed by atoms with Crippen LogP contribution in [0.5, 0.6) is 5.75 Å². The van der Waals surface area contributed by atoms with Crippen LogP contribution in [0.15, 0.2) is 72.8 Å². The van der Waals surface area contributed by atoms with E-state index in [2.05, 4.69) is 5.32 Å². The van der Waals surface area contributed by atoms with Gasteiger partial charge < -0.3 is 10.1 Å². The van der Waals surface area contributed by atoms with Crippen LogP contribution < -0.4 is 10.1 Å². The Kier molecular flexibility index (Phi) is 5.09. The molecule has 8 heteroatoms. The van der Waals surface area contributed by atoms with Gasteiger partial charge in [-0.15, -0.1) is 0 Å². The summed E-state index contributed by atoms with van der Waals surface area (Å²) in [6.45, 7) is 0.275. The summed E-state index contributed by atoms with van der Waals surface area (Å²) in [5.41, 5.74) is 0.778. The molecule has 1 spiro atoms. The van der Waals surface area contributed by atoms with Crippen molar-refractivity contribution in [3.05, 3.63) is 105 Å². The molecular weight excluding hydrogens is 425 g/mol. The van der Waals surface area contributed by atoms with E-state index in [0.29, 0.717) is 28.1 Å². The highest BCUT2D eigenvalue weighted by Crippen LogP contribution is 2.52. The van der Waals surface area contributed by atoms with Gasteiger partial charge in [0.05, 0.1) is 5.92 Å². The zero-order valence-corrected chi connectivity index (χ0v) is 17.9. The fourth-order valence-corrected chi connectivity index (χ4v) is 5.25. The molecule has 0 saturated carbocycles. The monoisotopic (exact) mass is 447 g/mol. The van der Waals surface area contributed by atoms with E-state index in [-0.39, 0.29) is 23.9 Å². The fraction of sp³-hybridized carbons (Fsp3) is 0.240. The Labute approximate surface area is 189 Å². The number of benzene rings is 3. The second-order valence-corrected chi connectivity index (χ2v) is 8.40. The third-order valence-electron chi connectivity index (χ3n) is 6.70. The van der Waals surface area contributed by atoms with Crippen LogP contribution in [0, 0.1) is 15.9 Å². The highest BCUT2D eigenvalue weighted by atomic mass is 19.1. The lowest BCUT2D eigenvalue weighted by Gasteiger charge is -2.30. The van der Waals surface area contributed by atoms with E-state index in [4.69, 9.17) is 4.74 Å². The predicted molar refractivity (Wildman–Crippen MR) is 120 cm³/mol. The number of nitrogens with one attached hydrogen (secondary N) is 1. The van der Waals surface area contributed by atoms with Crippen molar-refractivity contribution in [2.45, 2.75) is 24.1 Å². The molecule has 2 aliphatic rings. The van der Waals surface area contributed by atoms with Gasteiger partial charge in [-0.1, -0.05) is 54.6 Å². The van der Waals surface area contributed by atoms with Gasteiger partial charge in [0.1, 0.15) is 18.2 Å². The largest absolute Gasteiger partial charge is 0.488 e. The van der Waals surface area contributed by atoms with Crippen molar-refractivity contribution < 1.29 is 18.8 Å². The number of anilines is 1. The SMILES string of the molecule is CN1C[C@H](c2ccccc2OCc2ccccc2F)[C@H]([N+](=O)[O-])[C@@]12C(=O)Nc1ccccc12. The molecule has 1 fully saturated rings. The Hall–Kier alpha value is -3.78. The van der Waals surface area contributed by atoms with Gasteiger partial charge in [-0.3, -0.25) is 19.8 Å². The average molecular weight is 447 g/mol. The molecule has 0 aromatic heterocycles. The van der Waals surface area contributed by atoms with Crippen LogP contribution in [0.2, 0.25) is 0 Å². The summed E-state index contributed by atoms with van der Waals surface area (Å²) in [6, 6.07) is 19.2. The number of halogens is 1. The Morgan fingerprint density at radius 1 is 1.12 bits per heavy atom. The fourth-order valence-electron chi connectivity index (χ4n) is 5.25. The van der Waals surface area contributed by atoms with E-state index in [9.17, 15) is 19.3 Å². The van der Waals surface area contributed by atoms with Crippen LogP contribution in [-0.2, 0) is 16.9 Å². The van der Waals surface area contributed by atoms with Crippen LogP contribution in [-0.4, -0.2) is 35.4 Å². The lowest BCUT2D eigenvalue weighted by molar-refractivity contribution is -0.534. The maximum absolute atomic E-state index is 14.1. The number of likely N-dealkylation sites (N-methyl/N-ethyl adjacent to an activating group) is 1. The van der Waals surface area contributed by atoms with Crippen molar-refractivity contribution in [3.63, 3.8) is 0 Å². The molecule has 33 heavy (non-hydrogen) atoms. The van der Waals surface area contributed by atoms with Gasteiger partial charge in [0.25, 0.3) is 11.9 Å². The van der Waals surface area contributed by atoms with Gasteiger partial charge in [-0.2, -0.15) is 0 Å². The Bertz CT molecular complexity index is 1250. The summed E-state index contributed by atoms with van der Waals surface area (Å²) in [6.07, 6.45) is 0. The zero-order valence-electron chi connectivity index (χ0n) is 17.9. The Morgan fingerprint density at radius 3 is 2.61 bits per heavy atom. The Morgan fingerprint density at radius 2 is 1.82 bits per heavy atom. The van der Waals surface area contributed by atoms with Gasteiger partial charge >= 0.3 is 0 Å². The van der Waals surface area contributed by atoms with E-state index in [1.165, 1.54) is 6.07 Å². The number of ether oxygens (including phenoxy) is 1. The first-order valence-corrected chi connectivity index (χ1v) is 10.7. The summed E-state index contributed by atoms with van der Waals surface area (Å²) >= 11 is 0. The molecule has 1 saturated heterocycles. The van der Waals surface area contributed by atoms with E-state index in [1.807, 2.05) is 0 Å². The van der Waals surface area contributed by atoms with Gasteiger partial charge in [0, 0.05) is 33.8 Å². The summed E-state index contributed by atoms with van der Waals surface area (Å²) in [5.74, 6) is -0.953. The number of hydrogen-bond acceptors (Lipinski definition) is 5. The first kappa shape index (κ1) is 21.1. The number of hydrogen-bond donors (Lipinski definition) is 1. The molecule has 5 rings (SSSR count). The number of amides is 1. The normalized spacial score (nSPS) is 24.0. The second-order valence-electron chi connectivity index (χ2n) is 8.40. The molecule has 0 bridgehead atoms. The van der Waals surface area contributed by atoms with Crippen LogP contribution in [0.25, 0.3) is 0 Å². The van der Waals surface area contributed by atoms with E-state index in [1.54, 1.807) is 78.7 Å². The summed E-state index contributed by atoms with van der Waals surface area (Å²) in [5, 5.41) is 15.3. The molecule has 0 radical (unpaired) electrons. The molecule has 0 unspecified atom stereocenters. The molecule has 3 atom stereocenters. The minimum atomic E-state index is -1.43. The maximum Gasteiger partial charge on any atom is 0.256 e. The van der Waals surface area contributed by atoms with Gasteiger partial charge in [-0.05, 0) is 25.2 Å².